The summed E-state index contributed by atoms with van der Waals surface area (Å²) in [4.78, 5) is 13.9. The van der Waals surface area contributed by atoms with Gasteiger partial charge in [-0.1, -0.05) is 11.6 Å². The lowest BCUT2D eigenvalue weighted by molar-refractivity contribution is 0.0975. The number of carbonyl (C=O) groups excluding carboxylic acids is 1. The van der Waals surface area contributed by atoms with Gasteiger partial charge in [0, 0.05) is 18.7 Å². The highest BCUT2D eigenvalue weighted by atomic mass is 35.5. The maximum atomic E-state index is 11.4. The fourth-order valence-corrected chi connectivity index (χ4v) is 3.57. The Balaban J connectivity index is 1.84. The molecule has 2 bridgehead atoms. The van der Waals surface area contributed by atoms with Crippen LogP contribution in [0, 0.1) is 5.92 Å². The number of nitrogens with two attached hydrogens (primary N) is 1. The molecule has 114 valence electrons. The van der Waals surface area contributed by atoms with Crippen LogP contribution in [0.1, 0.15) is 23.2 Å². The Labute approximate surface area is 129 Å². The van der Waals surface area contributed by atoms with Crippen LogP contribution in [-0.2, 0) is 0 Å². The van der Waals surface area contributed by atoms with Gasteiger partial charge in [-0.2, -0.15) is 0 Å². The fourth-order valence-electron chi connectivity index (χ4n) is 3.35. The molecule has 1 atom stereocenters. The first kappa shape index (κ1) is 14.5. The van der Waals surface area contributed by atoms with Gasteiger partial charge >= 0.3 is 0 Å². The molecule has 1 unspecified atom stereocenters. The van der Waals surface area contributed by atoms with E-state index < -0.39 is 5.91 Å². The third-order valence-electron chi connectivity index (χ3n) is 4.55. The van der Waals surface area contributed by atoms with Crippen LogP contribution >= 0.6 is 11.6 Å². The summed E-state index contributed by atoms with van der Waals surface area (Å²) < 4.78 is 5.24. The monoisotopic (exact) mass is 309 g/mol. The molecule has 21 heavy (non-hydrogen) atoms. The van der Waals surface area contributed by atoms with E-state index in [1.165, 1.54) is 33.0 Å². The highest BCUT2D eigenvalue weighted by molar-refractivity contribution is 6.33. The van der Waals surface area contributed by atoms with Crippen LogP contribution in [0.15, 0.2) is 12.1 Å². The van der Waals surface area contributed by atoms with Crippen molar-refractivity contribution in [2.24, 2.45) is 11.7 Å². The van der Waals surface area contributed by atoms with Crippen LogP contribution in [0.4, 0.5) is 5.69 Å². The number of amides is 1. The number of carbonyl (C=O) groups is 1. The van der Waals surface area contributed by atoms with Crippen molar-refractivity contribution in [3.8, 4) is 5.75 Å². The number of benzene rings is 1. The summed E-state index contributed by atoms with van der Waals surface area (Å²) in [5.74, 6) is 0.603. The van der Waals surface area contributed by atoms with Crippen LogP contribution in [0.25, 0.3) is 0 Å². The molecule has 0 aromatic heterocycles. The van der Waals surface area contributed by atoms with Crippen molar-refractivity contribution in [3.63, 3.8) is 0 Å². The smallest absolute Gasteiger partial charge is 0.252 e. The molecule has 0 radical (unpaired) electrons. The summed E-state index contributed by atoms with van der Waals surface area (Å²) in [6.07, 6.45) is 2.46. The van der Waals surface area contributed by atoms with Gasteiger partial charge in [-0.3, -0.25) is 4.79 Å². The first-order chi connectivity index (χ1) is 10.1. The van der Waals surface area contributed by atoms with E-state index in [1.54, 1.807) is 12.1 Å². The minimum absolute atomic E-state index is 0.307. The van der Waals surface area contributed by atoms with Crippen LogP contribution in [0.5, 0.6) is 5.75 Å². The van der Waals surface area contributed by atoms with E-state index in [-0.39, 0.29) is 0 Å². The fraction of sp³-hybridized carbons (Fsp3) is 0.533. The predicted molar refractivity (Wildman–Crippen MR) is 83.1 cm³/mol. The summed E-state index contributed by atoms with van der Waals surface area (Å²) in [5, 5.41) is 4.02. The highest BCUT2D eigenvalue weighted by Gasteiger charge is 2.34. The number of fused-ring (bicyclic) bond motifs is 3. The summed E-state index contributed by atoms with van der Waals surface area (Å²) in [6.45, 7) is 3.43. The van der Waals surface area contributed by atoms with Crippen molar-refractivity contribution < 1.29 is 9.53 Å². The van der Waals surface area contributed by atoms with Crippen molar-refractivity contribution in [3.05, 3.63) is 22.7 Å². The predicted octanol–water partition coefficient (Wildman–Crippen LogP) is 1.95. The Morgan fingerprint density at radius 1 is 1.43 bits per heavy atom. The van der Waals surface area contributed by atoms with Gasteiger partial charge in [0.2, 0.25) is 0 Å². The molecule has 1 aromatic carbocycles. The average molecular weight is 310 g/mol. The number of halogens is 1. The summed E-state index contributed by atoms with van der Waals surface area (Å²) in [6, 6.07) is 3.74. The van der Waals surface area contributed by atoms with Gasteiger partial charge in [0.15, 0.2) is 0 Å². The number of piperidine rings is 3. The lowest BCUT2D eigenvalue weighted by Gasteiger charge is -2.45. The molecular formula is C15H20ClN3O2. The van der Waals surface area contributed by atoms with E-state index in [2.05, 4.69) is 10.2 Å². The first-order valence-corrected chi connectivity index (χ1v) is 7.62. The van der Waals surface area contributed by atoms with Crippen molar-refractivity contribution >= 4 is 23.2 Å². The maximum Gasteiger partial charge on any atom is 0.252 e. The largest absolute Gasteiger partial charge is 0.496 e. The van der Waals surface area contributed by atoms with Gasteiger partial charge in [-0.25, -0.2) is 0 Å². The second-order valence-corrected chi connectivity index (χ2v) is 6.19. The second-order valence-electron chi connectivity index (χ2n) is 5.79. The van der Waals surface area contributed by atoms with E-state index in [0.29, 0.717) is 28.3 Å². The number of primary amides is 1. The number of methoxy groups -OCH3 is 1. The Bertz CT molecular complexity index is 556. The summed E-state index contributed by atoms with van der Waals surface area (Å²) >= 11 is 6.28. The highest BCUT2D eigenvalue weighted by Crippen LogP contribution is 2.35. The third-order valence-corrected chi connectivity index (χ3v) is 4.86. The molecule has 0 spiro atoms. The first-order valence-electron chi connectivity index (χ1n) is 7.24. The number of nitrogens with one attached hydrogen (secondary N) is 1. The quantitative estimate of drug-likeness (QED) is 0.892. The zero-order valence-electron chi connectivity index (χ0n) is 12.1. The third kappa shape index (κ3) is 2.80. The Kier molecular flexibility index (Phi) is 3.95. The zero-order chi connectivity index (χ0) is 15.0. The Morgan fingerprint density at radius 3 is 2.67 bits per heavy atom. The SMILES string of the molecule is COc1cc(NC2CN3CCC2CC3)c(Cl)cc1C(N)=O. The number of ether oxygens (including phenoxy) is 1. The topological polar surface area (TPSA) is 67.6 Å². The lowest BCUT2D eigenvalue weighted by atomic mass is 9.84. The molecule has 1 aromatic rings. The number of nitrogens with zero attached hydrogens (tertiary/aromatic N) is 1. The molecule has 0 aliphatic carbocycles. The maximum absolute atomic E-state index is 11.4. The summed E-state index contributed by atoms with van der Waals surface area (Å²) in [7, 11) is 1.52. The molecule has 3 N–H and O–H groups in total. The van der Waals surface area contributed by atoms with Crippen molar-refractivity contribution in [1.82, 2.24) is 4.90 Å². The molecule has 6 heteroatoms. The van der Waals surface area contributed by atoms with Gasteiger partial charge in [0.25, 0.3) is 5.91 Å². The molecule has 0 saturated carbocycles. The minimum atomic E-state index is -0.539. The standard InChI is InChI=1S/C15H20ClN3O2/c1-21-14-7-12(11(16)6-10(14)15(17)20)18-13-8-19-4-2-9(13)3-5-19/h6-7,9,13,18H,2-5,8H2,1H3,(H2,17,20). The van der Waals surface area contributed by atoms with Crippen LogP contribution in [0.3, 0.4) is 0 Å². The molecular weight excluding hydrogens is 290 g/mol. The van der Waals surface area contributed by atoms with Crippen LogP contribution < -0.4 is 15.8 Å². The molecule has 4 rings (SSSR count). The van der Waals surface area contributed by atoms with Crippen LogP contribution in [-0.4, -0.2) is 43.6 Å². The normalized spacial score (nSPS) is 27.4. The number of hydrogen-bond donors (Lipinski definition) is 2. The Morgan fingerprint density at radius 2 is 2.14 bits per heavy atom. The van der Waals surface area contributed by atoms with E-state index in [4.69, 9.17) is 22.1 Å². The Hall–Kier alpha value is -1.46. The van der Waals surface area contributed by atoms with Gasteiger partial charge in [0.1, 0.15) is 5.75 Å². The zero-order valence-corrected chi connectivity index (χ0v) is 12.8. The molecule has 3 aliphatic rings. The second kappa shape index (κ2) is 5.73. The van der Waals surface area contributed by atoms with Gasteiger partial charge in [-0.05, 0) is 37.9 Å². The molecule has 3 fully saturated rings. The molecule has 3 heterocycles. The number of anilines is 1. The summed E-state index contributed by atoms with van der Waals surface area (Å²) in [5.41, 5.74) is 6.45. The molecule has 3 saturated heterocycles. The van der Waals surface area contributed by atoms with Crippen molar-refractivity contribution in [1.29, 1.82) is 0 Å². The average Bonchev–Trinajstić information content (AvgIpc) is 2.50. The van der Waals surface area contributed by atoms with Crippen molar-refractivity contribution in [2.75, 3.05) is 32.1 Å². The van der Waals surface area contributed by atoms with E-state index in [1.807, 2.05) is 0 Å². The van der Waals surface area contributed by atoms with Gasteiger partial charge < -0.3 is 20.7 Å². The molecule has 3 aliphatic heterocycles. The minimum Gasteiger partial charge on any atom is -0.496 e. The number of hydrogen-bond acceptors (Lipinski definition) is 4. The van der Waals surface area contributed by atoms with E-state index in [9.17, 15) is 4.79 Å². The van der Waals surface area contributed by atoms with E-state index in [0.717, 1.165) is 12.2 Å². The lowest BCUT2D eigenvalue weighted by Crippen LogP contribution is -2.53. The van der Waals surface area contributed by atoms with Crippen molar-refractivity contribution in [2.45, 2.75) is 18.9 Å². The molecule has 5 nitrogen and oxygen atoms in total. The number of rotatable bonds is 4. The van der Waals surface area contributed by atoms with E-state index >= 15 is 0 Å². The van der Waals surface area contributed by atoms with Gasteiger partial charge in [0.05, 0.1) is 23.4 Å². The van der Waals surface area contributed by atoms with Gasteiger partial charge in [-0.15, -0.1) is 0 Å². The molecule has 1 amide bonds. The van der Waals surface area contributed by atoms with Crippen LogP contribution in [0.2, 0.25) is 5.02 Å².